The summed E-state index contributed by atoms with van der Waals surface area (Å²) in [5.41, 5.74) is 3.93. The highest BCUT2D eigenvalue weighted by atomic mass is 16.2. The summed E-state index contributed by atoms with van der Waals surface area (Å²) in [5, 5.41) is 6.55. The molecule has 0 bridgehead atoms. The van der Waals surface area contributed by atoms with E-state index in [-0.39, 0.29) is 18.5 Å². The minimum absolute atomic E-state index is 0.106. The summed E-state index contributed by atoms with van der Waals surface area (Å²) in [6.07, 6.45) is 2.94. The van der Waals surface area contributed by atoms with Gasteiger partial charge in [0.2, 0.25) is 5.91 Å². The summed E-state index contributed by atoms with van der Waals surface area (Å²) in [5.74, 6) is 0.778. The standard InChI is InChI=1S/C23H30N4O/c1-18(12-13-19-8-4-3-5-9-19)26-23(24-2)25-16-22(28)27-15-14-20-10-6-7-11-21(20)17-27/h3-11,18H,12-17H2,1-2H3,(H2,24,25,26). The van der Waals surface area contributed by atoms with Crippen LogP contribution in [-0.2, 0) is 24.2 Å². The molecule has 1 heterocycles. The maximum atomic E-state index is 12.6. The summed E-state index contributed by atoms with van der Waals surface area (Å²) >= 11 is 0. The quantitative estimate of drug-likeness (QED) is 0.600. The molecule has 1 aliphatic heterocycles. The Morgan fingerprint density at radius 3 is 2.57 bits per heavy atom. The van der Waals surface area contributed by atoms with Gasteiger partial charge in [0.1, 0.15) is 0 Å². The predicted molar refractivity (Wildman–Crippen MR) is 114 cm³/mol. The van der Waals surface area contributed by atoms with Gasteiger partial charge in [0.25, 0.3) is 0 Å². The summed E-state index contributed by atoms with van der Waals surface area (Å²) in [7, 11) is 1.74. The number of amides is 1. The van der Waals surface area contributed by atoms with Gasteiger partial charge in [0.05, 0.1) is 6.54 Å². The Labute approximate surface area is 167 Å². The zero-order chi connectivity index (χ0) is 19.8. The fourth-order valence-electron chi connectivity index (χ4n) is 3.51. The van der Waals surface area contributed by atoms with Crippen molar-refractivity contribution in [2.24, 2.45) is 4.99 Å². The normalized spacial score (nSPS) is 14.9. The van der Waals surface area contributed by atoms with Crippen LogP contribution in [-0.4, -0.2) is 42.9 Å². The van der Waals surface area contributed by atoms with Crippen molar-refractivity contribution in [3.8, 4) is 0 Å². The largest absolute Gasteiger partial charge is 0.354 e. The van der Waals surface area contributed by atoms with Crippen LogP contribution in [0.4, 0.5) is 0 Å². The first-order valence-electron chi connectivity index (χ1n) is 10.0. The third-order valence-electron chi connectivity index (χ3n) is 5.21. The summed E-state index contributed by atoms with van der Waals surface area (Å²) < 4.78 is 0. The van der Waals surface area contributed by atoms with Gasteiger partial charge in [0, 0.05) is 26.2 Å². The molecule has 1 aliphatic rings. The summed E-state index contributed by atoms with van der Waals surface area (Å²) in [6, 6.07) is 19.1. The number of nitrogens with one attached hydrogen (secondary N) is 2. The molecule has 0 fully saturated rings. The van der Waals surface area contributed by atoms with Crippen LogP contribution in [0.25, 0.3) is 0 Å². The Kier molecular flexibility index (Phi) is 7.06. The maximum Gasteiger partial charge on any atom is 0.242 e. The van der Waals surface area contributed by atoms with Gasteiger partial charge < -0.3 is 15.5 Å². The number of carbonyl (C=O) groups excluding carboxylic acids is 1. The molecule has 0 radical (unpaired) electrons. The highest BCUT2D eigenvalue weighted by Gasteiger charge is 2.20. The molecule has 2 aromatic carbocycles. The molecule has 0 saturated carbocycles. The molecule has 0 saturated heterocycles. The molecule has 1 unspecified atom stereocenters. The van der Waals surface area contributed by atoms with Crippen molar-refractivity contribution in [2.45, 2.75) is 38.8 Å². The zero-order valence-electron chi connectivity index (χ0n) is 16.8. The number of carbonyl (C=O) groups is 1. The van der Waals surface area contributed by atoms with Crippen molar-refractivity contribution >= 4 is 11.9 Å². The Balaban J connectivity index is 1.43. The lowest BCUT2D eigenvalue weighted by atomic mass is 10.00. The van der Waals surface area contributed by atoms with Crippen molar-refractivity contribution < 1.29 is 4.79 Å². The Morgan fingerprint density at radius 2 is 1.82 bits per heavy atom. The van der Waals surface area contributed by atoms with E-state index in [0.29, 0.717) is 12.5 Å². The van der Waals surface area contributed by atoms with Crippen molar-refractivity contribution in [1.29, 1.82) is 0 Å². The number of aryl methyl sites for hydroxylation is 1. The Bertz CT molecular complexity index is 803. The molecular weight excluding hydrogens is 348 g/mol. The van der Waals surface area contributed by atoms with Gasteiger partial charge in [-0.15, -0.1) is 0 Å². The number of nitrogens with zero attached hydrogens (tertiary/aromatic N) is 2. The molecule has 148 valence electrons. The number of hydrogen-bond donors (Lipinski definition) is 2. The van der Waals surface area contributed by atoms with Crippen LogP contribution in [0.5, 0.6) is 0 Å². The van der Waals surface area contributed by atoms with E-state index >= 15 is 0 Å². The van der Waals surface area contributed by atoms with Gasteiger partial charge in [-0.2, -0.15) is 0 Å². The molecule has 2 aromatic rings. The predicted octanol–water partition coefficient (Wildman–Crippen LogP) is 2.76. The van der Waals surface area contributed by atoms with Crippen LogP contribution in [0, 0.1) is 0 Å². The van der Waals surface area contributed by atoms with E-state index in [9.17, 15) is 4.79 Å². The van der Waals surface area contributed by atoms with E-state index < -0.39 is 0 Å². The number of guanidine groups is 1. The molecule has 3 rings (SSSR count). The van der Waals surface area contributed by atoms with E-state index in [1.807, 2.05) is 17.0 Å². The fourth-order valence-corrected chi connectivity index (χ4v) is 3.51. The molecule has 5 heteroatoms. The van der Waals surface area contributed by atoms with Crippen LogP contribution in [0.15, 0.2) is 59.6 Å². The van der Waals surface area contributed by atoms with Gasteiger partial charge in [0.15, 0.2) is 5.96 Å². The van der Waals surface area contributed by atoms with Crippen molar-refractivity contribution in [2.75, 3.05) is 20.1 Å². The summed E-state index contributed by atoms with van der Waals surface area (Å²) in [6.45, 7) is 3.86. The average molecular weight is 379 g/mol. The average Bonchev–Trinajstić information content (AvgIpc) is 2.75. The van der Waals surface area contributed by atoms with E-state index in [0.717, 1.165) is 25.8 Å². The second-order valence-electron chi connectivity index (χ2n) is 7.33. The van der Waals surface area contributed by atoms with Crippen LogP contribution < -0.4 is 10.6 Å². The molecular formula is C23H30N4O. The lowest BCUT2D eigenvalue weighted by Gasteiger charge is -2.29. The van der Waals surface area contributed by atoms with Crippen molar-refractivity contribution in [1.82, 2.24) is 15.5 Å². The Hall–Kier alpha value is -2.82. The third kappa shape index (κ3) is 5.59. The second kappa shape index (κ2) is 9.93. The number of aliphatic imine (C=N–C) groups is 1. The first-order valence-corrected chi connectivity index (χ1v) is 10.0. The van der Waals surface area contributed by atoms with Gasteiger partial charge in [-0.3, -0.25) is 9.79 Å². The number of benzene rings is 2. The molecule has 1 atom stereocenters. The summed E-state index contributed by atoms with van der Waals surface area (Å²) in [4.78, 5) is 18.8. The smallest absolute Gasteiger partial charge is 0.242 e. The third-order valence-corrected chi connectivity index (χ3v) is 5.21. The number of hydrogen-bond acceptors (Lipinski definition) is 2. The van der Waals surface area contributed by atoms with E-state index in [1.165, 1.54) is 16.7 Å². The van der Waals surface area contributed by atoms with E-state index in [4.69, 9.17) is 0 Å². The topological polar surface area (TPSA) is 56.7 Å². The maximum absolute atomic E-state index is 12.6. The zero-order valence-corrected chi connectivity index (χ0v) is 16.8. The van der Waals surface area contributed by atoms with Gasteiger partial charge in [-0.05, 0) is 42.9 Å². The van der Waals surface area contributed by atoms with Crippen molar-refractivity contribution in [3.05, 3.63) is 71.3 Å². The van der Waals surface area contributed by atoms with Gasteiger partial charge >= 0.3 is 0 Å². The van der Waals surface area contributed by atoms with Crippen molar-refractivity contribution in [3.63, 3.8) is 0 Å². The highest BCUT2D eigenvalue weighted by molar-refractivity contribution is 5.86. The highest BCUT2D eigenvalue weighted by Crippen LogP contribution is 2.18. The lowest BCUT2D eigenvalue weighted by Crippen LogP contribution is -2.47. The molecule has 0 aromatic heterocycles. The van der Waals surface area contributed by atoms with Gasteiger partial charge in [-0.1, -0.05) is 54.6 Å². The van der Waals surface area contributed by atoms with Gasteiger partial charge in [-0.25, -0.2) is 0 Å². The van der Waals surface area contributed by atoms with Crippen LogP contribution in [0.1, 0.15) is 30.0 Å². The van der Waals surface area contributed by atoms with Crippen LogP contribution >= 0.6 is 0 Å². The molecule has 2 N–H and O–H groups in total. The molecule has 1 amide bonds. The fraction of sp³-hybridized carbons (Fsp3) is 0.391. The van der Waals surface area contributed by atoms with E-state index in [1.54, 1.807) is 7.05 Å². The molecule has 5 nitrogen and oxygen atoms in total. The number of fused-ring (bicyclic) bond motifs is 1. The first-order chi connectivity index (χ1) is 13.7. The molecule has 28 heavy (non-hydrogen) atoms. The van der Waals surface area contributed by atoms with Crippen LogP contribution in [0.3, 0.4) is 0 Å². The monoisotopic (exact) mass is 378 g/mol. The van der Waals surface area contributed by atoms with Crippen LogP contribution in [0.2, 0.25) is 0 Å². The second-order valence-corrected chi connectivity index (χ2v) is 7.33. The first kappa shape index (κ1) is 19.9. The minimum Gasteiger partial charge on any atom is -0.354 e. The lowest BCUT2D eigenvalue weighted by molar-refractivity contribution is -0.130. The van der Waals surface area contributed by atoms with E-state index in [2.05, 4.69) is 65.0 Å². The minimum atomic E-state index is 0.106. The molecule has 0 aliphatic carbocycles. The Morgan fingerprint density at radius 1 is 1.11 bits per heavy atom. The SMILES string of the molecule is CN=C(NCC(=O)N1CCc2ccccc2C1)NC(C)CCc1ccccc1. The molecule has 0 spiro atoms. The number of rotatable bonds is 6.